The fourth-order valence-electron chi connectivity index (χ4n) is 5.20. The number of phosphoric ester groups is 1. The van der Waals surface area contributed by atoms with Crippen LogP contribution in [-0.2, 0) is 32.7 Å². The fraction of sp³-hybridized carbons (Fsp3) is 0.652. The van der Waals surface area contributed by atoms with Crippen molar-refractivity contribution in [1.29, 1.82) is 0 Å². The number of likely N-dealkylation sites (N-methyl/N-ethyl adjacent to an activating group) is 1. The molecule has 0 spiro atoms. The van der Waals surface area contributed by atoms with Crippen LogP contribution in [0.5, 0.6) is 0 Å². The van der Waals surface area contributed by atoms with E-state index in [0.717, 1.165) is 44.9 Å². The second-order valence-electron chi connectivity index (χ2n) is 15.1. The Hall–Kier alpha value is -2.81. The highest BCUT2D eigenvalue weighted by Gasteiger charge is 2.26. The van der Waals surface area contributed by atoms with Gasteiger partial charge in [0.2, 0.25) is 0 Å². The Balaban J connectivity index is 4.60. The second kappa shape index (κ2) is 37.7. The third-order valence-electron chi connectivity index (χ3n) is 8.51. The highest BCUT2D eigenvalue weighted by Crippen LogP contribution is 2.43. The van der Waals surface area contributed by atoms with E-state index in [1.54, 1.807) is 6.08 Å². The summed E-state index contributed by atoms with van der Waals surface area (Å²) in [5.74, 6) is -1.13. The van der Waals surface area contributed by atoms with Gasteiger partial charge in [-0.1, -0.05) is 157 Å². The minimum absolute atomic E-state index is 0.00405. The first-order chi connectivity index (χ1) is 27.0. The molecule has 56 heavy (non-hydrogen) atoms. The molecule has 0 aliphatic heterocycles. The smallest absolute Gasteiger partial charge is 0.458 e. The fourth-order valence-corrected chi connectivity index (χ4v) is 5.94. The lowest BCUT2D eigenvalue weighted by Gasteiger charge is -2.24. The lowest BCUT2D eigenvalue weighted by atomic mass is 10.1. The van der Waals surface area contributed by atoms with Crippen molar-refractivity contribution >= 4 is 19.8 Å². The standard InChI is InChI=1S/C46H78NO8P/c1-6-8-10-12-14-16-18-20-22-23-25-27-29-31-33-35-37-39-46(49)55-44(43-54-56(50,51)53-41-40-47(3,4)5)42-52-45(48)38-36-34-32-30-28-26-24-21-19-17-15-13-11-9-7-2/h8,10,14,16,20,22,25,27,31-34,36,38,44H,6-7,9,11-13,15,17-19,21,23-24,26,28-30,35,37,39-43H2,1-5H3/p+1/b10-8+,16-14+,22-20+,27-25+,33-31+,34-32+,38-36+/t44-/m1/s1. The molecule has 0 aromatic heterocycles. The summed E-state index contributed by atoms with van der Waals surface area (Å²) in [6, 6.07) is 0. The van der Waals surface area contributed by atoms with Crippen LogP contribution in [0.1, 0.15) is 142 Å². The highest BCUT2D eigenvalue weighted by atomic mass is 31.2. The number of esters is 2. The average Bonchev–Trinajstić information content (AvgIpc) is 3.15. The Morgan fingerprint density at radius 3 is 1.70 bits per heavy atom. The van der Waals surface area contributed by atoms with Crippen molar-refractivity contribution in [1.82, 2.24) is 0 Å². The Kier molecular flexibility index (Phi) is 35.9. The van der Waals surface area contributed by atoms with Crippen molar-refractivity contribution in [3.05, 3.63) is 85.1 Å². The van der Waals surface area contributed by atoms with E-state index in [1.165, 1.54) is 70.3 Å². The molecule has 0 saturated carbocycles. The van der Waals surface area contributed by atoms with E-state index in [4.69, 9.17) is 18.5 Å². The topological polar surface area (TPSA) is 108 Å². The van der Waals surface area contributed by atoms with E-state index < -0.39 is 32.5 Å². The second-order valence-corrected chi connectivity index (χ2v) is 16.5. The number of nitrogens with zero attached hydrogens (tertiary/aromatic N) is 1. The van der Waals surface area contributed by atoms with Crippen LogP contribution >= 0.6 is 7.82 Å². The van der Waals surface area contributed by atoms with Crippen LogP contribution < -0.4 is 0 Å². The first-order valence-corrected chi connectivity index (χ1v) is 22.8. The molecule has 10 heteroatoms. The number of quaternary nitrogens is 1. The zero-order valence-corrected chi connectivity index (χ0v) is 36.7. The summed E-state index contributed by atoms with van der Waals surface area (Å²) in [4.78, 5) is 35.2. The van der Waals surface area contributed by atoms with Crippen molar-refractivity contribution in [3.63, 3.8) is 0 Å². The van der Waals surface area contributed by atoms with Gasteiger partial charge in [0.1, 0.15) is 19.8 Å². The van der Waals surface area contributed by atoms with Crippen LogP contribution in [0, 0.1) is 0 Å². The average molecular weight is 805 g/mol. The molecule has 0 aliphatic carbocycles. The Morgan fingerprint density at radius 2 is 1.14 bits per heavy atom. The van der Waals surface area contributed by atoms with Gasteiger partial charge in [0, 0.05) is 12.5 Å². The van der Waals surface area contributed by atoms with Crippen LogP contribution in [0.15, 0.2) is 85.1 Å². The van der Waals surface area contributed by atoms with Crippen LogP contribution in [-0.4, -0.2) is 74.9 Å². The van der Waals surface area contributed by atoms with Gasteiger partial charge in [0.15, 0.2) is 6.10 Å². The molecule has 9 nitrogen and oxygen atoms in total. The molecule has 0 rings (SSSR count). The van der Waals surface area contributed by atoms with E-state index in [9.17, 15) is 19.0 Å². The first-order valence-electron chi connectivity index (χ1n) is 21.4. The van der Waals surface area contributed by atoms with Crippen LogP contribution in [0.4, 0.5) is 0 Å². The predicted octanol–water partition coefficient (Wildman–Crippen LogP) is 12.0. The van der Waals surface area contributed by atoms with Crippen molar-refractivity contribution in [3.8, 4) is 0 Å². The van der Waals surface area contributed by atoms with E-state index >= 15 is 0 Å². The summed E-state index contributed by atoms with van der Waals surface area (Å²) in [5.41, 5.74) is 0. The molecule has 0 fully saturated rings. The number of hydrogen-bond donors (Lipinski definition) is 1. The van der Waals surface area contributed by atoms with E-state index in [0.29, 0.717) is 23.9 Å². The van der Waals surface area contributed by atoms with E-state index in [2.05, 4.69) is 68.5 Å². The minimum atomic E-state index is -4.41. The van der Waals surface area contributed by atoms with Gasteiger partial charge < -0.3 is 18.9 Å². The summed E-state index contributed by atoms with van der Waals surface area (Å²) in [6.07, 6.45) is 48.5. The SMILES string of the molecule is CC/C=C/C/C=C/C/C=C/C/C=C/C/C=C/CCCC(=O)O[C@H](COC(=O)/C=C/C=C/CCCCCCCCCCCCC)COP(=O)(O)OCC[N+](C)(C)C. The summed E-state index contributed by atoms with van der Waals surface area (Å²) in [5, 5.41) is 0. The minimum Gasteiger partial charge on any atom is -0.458 e. The number of ether oxygens (including phenoxy) is 2. The Labute approximate surface area is 341 Å². The maximum absolute atomic E-state index is 12.6. The predicted molar refractivity (Wildman–Crippen MR) is 233 cm³/mol. The van der Waals surface area contributed by atoms with Gasteiger partial charge in [-0.25, -0.2) is 9.36 Å². The molecular formula is C46H79NO8P+. The van der Waals surface area contributed by atoms with Crippen LogP contribution in [0.2, 0.25) is 0 Å². The largest absolute Gasteiger partial charge is 0.472 e. The molecule has 0 heterocycles. The molecule has 0 radical (unpaired) electrons. The zero-order chi connectivity index (χ0) is 41.4. The molecule has 0 bridgehead atoms. The number of hydrogen-bond acceptors (Lipinski definition) is 7. The number of carbonyl (C=O) groups is 2. The number of rotatable bonds is 37. The number of allylic oxidation sites excluding steroid dienone is 13. The summed E-state index contributed by atoms with van der Waals surface area (Å²) in [6.45, 7) is 4.08. The van der Waals surface area contributed by atoms with Gasteiger partial charge in [0.05, 0.1) is 27.7 Å². The van der Waals surface area contributed by atoms with Gasteiger partial charge in [0.25, 0.3) is 0 Å². The summed E-state index contributed by atoms with van der Waals surface area (Å²) >= 11 is 0. The van der Waals surface area contributed by atoms with Crippen molar-refractivity contribution < 1.29 is 42.1 Å². The Morgan fingerprint density at radius 1 is 0.625 bits per heavy atom. The molecule has 0 amide bonds. The third kappa shape index (κ3) is 40.8. The van der Waals surface area contributed by atoms with E-state index in [-0.39, 0.29) is 19.6 Å². The normalized spacial score (nSPS) is 14.5. The molecule has 0 aliphatic rings. The van der Waals surface area contributed by atoms with Crippen LogP contribution in [0.25, 0.3) is 0 Å². The molecule has 1 N–H and O–H groups in total. The number of carbonyl (C=O) groups excluding carboxylic acids is 2. The maximum atomic E-state index is 12.6. The molecular weight excluding hydrogens is 725 g/mol. The van der Waals surface area contributed by atoms with Crippen LogP contribution in [0.3, 0.4) is 0 Å². The first kappa shape index (κ1) is 53.2. The van der Waals surface area contributed by atoms with Gasteiger partial charge in [-0.05, 0) is 57.8 Å². The number of phosphoric acid groups is 1. The number of unbranched alkanes of at least 4 members (excludes halogenated alkanes) is 12. The van der Waals surface area contributed by atoms with Crippen molar-refractivity contribution in [2.24, 2.45) is 0 Å². The van der Waals surface area contributed by atoms with Gasteiger partial charge in [-0.15, -0.1) is 0 Å². The summed E-state index contributed by atoms with van der Waals surface area (Å²) < 4.78 is 34.0. The molecule has 2 atom stereocenters. The highest BCUT2D eigenvalue weighted by molar-refractivity contribution is 7.47. The molecule has 1 unspecified atom stereocenters. The van der Waals surface area contributed by atoms with Crippen molar-refractivity contribution in [2.75, 3.05) is 47.5 Å². The zero-order valence-electron chi connectivity index (χ0n) is 35.8. The Bertz CT molecular complexity index is 1230. The van der Waals surface area contributed by atoms with Gasteiger partial charge in [-0.2, -0.15) is 0 Å². The molecule has 0 aromatic carbocycles. The monoisotopic (exact) mass is 805 g/mol. The lowest BCUT2D eigenvalue weighted by molar-refractivity contribution is -0.870. The van der Waals surface area contributed by atoms with Crippen molar-refractivity contribution in [2.45, 2.75) is 148 Å². The molecule has 0 aromatic rings. The van der Waals surface area contributed by atoms with E-state index in [1.807, 2.05) is 39.4 Å². The molecule has 0 saturated heterocycles. The lowest BCUT2D eigenvalue weighted by Crippen LogP contribution is -2.37. The van der Waals surface area contributed by atoms with Gasteiger partial charge >= 0.3 is 19.8 Å². The quantitative estimate of drug-likeness (QED) is 0.0126. The maximum Gasteiger partial charge on any atom is 0.472 e. The summed E-state index contributed by atoms with van der Waals surface area (Å²) in [7, 11) is 1.38. The van der Waals surface area contributed by atoms with Gasteiger partial charge in [-0.3, -0.25) is 13.8 Å². The molecule has 320 valence electrons. The third-order valence-corrected chi connectivity index (χ3v) is 9.50.